The van der Waals surface area contributed by atoms with Gasteiger partial charge in [0.2, 0.25) is 0 Å². The molecule has 6 nitrogen and oxygen atoms in total. The molecule has 1 aromatic heterocycles. The maximum absolute atomic E-state index is 5.37. The van der Waals surface area contributed by atoms with Crippen LogP contribution < -0.4 is 15.4 Å². The molecule has 2 N–H and O–H groups in total. The monoisotopic (exact) mass is 487 g/mol. The van der Waals surface area contributed by atoms with Crippen molar-refractivity contribution in [2.24, 2.45) is 4.99 Å². The molecule has 2 aromatic rings. The van der Waals surface area contributed by atoms with Crippen molar-refractivity contribution in [1.82, 2.24) is 10.6 Å². The smallest absolute Gasteiger partial charge is 0.191 e. The Morgan fingerprint density at radius 3 is 2.74 bits per heavy atom. The van der Waals surface area contributed by atoms with Gasteiger partial charge in [0.05, 0.1) is 19.9 Å². The zero-order chi connectivity index (χ0) is 18.5. The van der Waals surface area contributed by atoms with Gasteiger partial charge in [-0.1, -0.05) is 12.1 Å². The molecule has 0 spiro atoms. The minimum absolute atomic E-state index is 0. The first kappa shape index (κ1) is 23.3. The molecule has 0 aliphatic rings. The molecule has 0 radical (unpaired) electrons. The highest BCUT2D eigenvalue weighted by atomic mass is 127. The van der Waals surface area contributed by atoms with Crippen LogP contribution in [0.15, 0.2) is 52.1 Å². The van der Waals surface area contributed by atoms with Gasteiger partial charge in [0.25, 0.3) is 0 Å². The van der Waals surface area contributed by atoms with E-state index in [0.29, 0.717) is 6.54 Å². The molecule has 0 saturated carbocycles. The summed E-state index contributed by atoms with van der Waals surface area (Å²) in [6, 6.07) is 11.8. The first-order valence-corrected chi connectivity index (χ1v) is 9.07. The Bertz CT molecular complexity index is 648. The molecule has 0 aliphatic carbocycles. The van der Waals surface area contributed by atoms with Crippen molar-refractivity contribution >= 4 is 29.9 Å². The molecule has 0 saturated heterocycles. The van der Waals surface area contributed by atoms with Gasteiger partial charge in [0.1, 0.15) is 11.5 Å². The van der Waals surface area contributed by atoms with Crippen molar-refractivity contribution in [3.63, 3.8) is 0 Å². The van der Waals surface area contributed by atoms with Gasteiger partial charge in [0, 0.05) is 32.7 Å². The van der Waals surface area contributed by atoms with Gasteiger partial charge in [-0.2, -0.15) is 0 Å². The van der Waals surface area contributed by atoms with Crippen LogP contribution in [0.5, 0.6) is 5.75 Å². The summed E-state index contributed by atoms with van der Waals surface area (Å²) >= 11 is 0. The molecule has 1 aromatic carbocycles. The highest BCUT2D eigenvalue weighted by Gasteiger charge is 2.01. The van der Waals surface area contributed by atoms with E-state index >= 15 is 0 Å². The highest BCUT2D eigenvalue weighted by Crippen LogP contribution is 2.13. The Hall–Kier alpha value is -1.74. The van der Waals surface area contributed by atoms with Crippen LogP contribution in [0.3, 0.4) is 0 Å². The molecule has 7 heteroatoms. The van der Waals surface area contributed by atoms with E-state index in [1.807, 2.05) is 43.3 Å². The second kappa shape index (κ2) is 14.3. The minimum atomic E-state index is 0. The van der Waals surface area contributed by atoms with Crippen LogP contribution in [0.4, 0.5) is 0 Å². The molecule has 0 amide bonds. The molecule has 0 bridgehead atoms. The van der Waals surface area contributed by atoms with E-state index < -0.39 is 0 Å². The van der Waals surface area contributed by atoms with Gasteiger partial charge in [-0.05, 0) is 43.2 Å². The van der Waals surface area contributed by atoms with Crippen molar-refractivity contribution in [1.29, 1.82) is 0 Å². The lowest BCUT2D eigenvalue weighted by Crippen LogP contribution is -2.39. The average molecular weight is 487 g/mol. The number of benzene rings is 1. The van der Waals surface area contributed by atoms with Crippen molar-refractivity contribution in [3.8, 4) is 5.75 Å². The summed E-state index contributed by atoms with van der Waals surface area (Å²) in [6.45, 7) is 5.65. The van der Waals surface area contributed by atoms with Crippen LogP contribution in [0.1, 0.15) is 24.7 Å². The Morgan fingerprint density at radius 2 is 2.00 bits per heavy atom. The maximum atomic E-state index is 5.37. The molecule has 150 valence electrons. The number of nitrogens with one attached hydrogen (secondary N) is 2. The van der Waals surface area contributed by atoms with E-state index in [1.54, 1.807) is 13.4 Å². The summed E-state index contributed by atoms with van der Waals surface area (Å²) in [5.41, 5.74) is 1.10. The Kier molecular flexibility index (Phi) is 12.4. The van der Waals surface area contributed by atoms with Gasteiger partial charge in [-0.25, -0.2) is 4.99 Å². The first-order chi connectivity index (χ1) is 12.8. The molecule has 27 heavy (non-hydrogen) atoms. The number of aliphatic imine (C=N–C) groups is 1. The molecular formula is C20H30IN3O3. The largest absolute Gasteiger partial charge is 0.497 e. The van der Waals surface area contributed by atoms with Gasteiger partial charge < -0.3 is 24.5 Å². The van der Waals surface area contributed by atoms with Crippen LogP contribution in [-0.4, -0.2) is 39.4 Å². The van der Waals surface area contributed by atoms with Crippen molar-refractivity contribution < 1.29 is 13.9 Å². The quantitative estimate of drug-likeness (QED) is 0.220. The summed E-state index contributed by atoms with van der Waals surface area (Å²) in [4.78, 5) is 4.67. The normalized spacial score (nSPS) is 11.0. The summed E-state index contributed by atoms with van der Waals surface area (Å²) in [7, 11) is 1.67. The lowest BCUT2D eigenvalue weighted by molar-refractivity contribution is 0.145. The third-order valence-electron chi connectivity index (χ3n) is 3.76. The minimum Gasteiger partial charge on any atom is -0.497 e. The summed E-state index contributed by atoms with van der Waals surface area (Å²) in [5, 5.41) is 6.71. The molecular weight excluding hydrogens is 457 g/mol. The third-order valence-corrected chi connectivity index (χ3v) is 3.76. The Balaban J connectivity index is 0.00000364. The van der Waals surface area contributed by atoms with E-state index in [1.165, 1.54) is 0 Å². The zero-order valence-electron chi connectivity index (χ0n) is 16.1. The fraction of sp³-hybridized carbons (Fsp3) is 0.450. The SMILES string of the molecule is CCOCCCNC(=NCc1cccc(OC)c1)NCCc1ccco1.I. The number of hydrogen-bond donors (Lipinski definition) is 2. The number of rotatable bonds is 11. The average Bonchev–Trinajstić information content (AvgIpc) is 3.19. The molecule has 0 fully saturated rings. The fourth-order valence-electron chi connectivity index (χ4n) is 2.40. The number of hydrogen-bond acceptors (Lipinski definition) is 4. The second-order valence-corrected chi connectivity index (χ2v) is 5.75. The van der Waals surface area contributed by atoms with Crippen molar-refractivity contribution in [2.75, 3.05) is 33.4 Å². The standard InChI is InChI=1S/C20H29N3O3.HI/c1-3-25-13-6-11-21-20(22-12-10-18-9-5-14-26-18)23-16-17-7-4-8-19(15-17)24-2;/h4-5,7-9,14-15H,3,6,10-13,16H2,1-2H3,(H2,21,22,23);1H. The molecule has 0 unspecified atom stereocenters. The topological polar surface area (TPSA) is 68.0 Å². The van der Waals surface area contributed by atoms with E-state index in [2.05, 4.69) is 15.6 Å². The van der Waals surface area contributed by atoms with E-state index in [4.69, 9.17) is 13.9 Å². The van der Waals surface area contributed by atoms with E-state index in [0.717, 1.165) is 62.2 Å². The summed E-state index contributed by atoms with van der Waals surface area (Å²) in [6.07, 6.45) is 3.44. The third kappa shape index (κ3) is 9.67. The molecule has 0 aliphatic heterocycles. The van der Waals surface area contributed by atoms with Crippen molar-refractivity contribution in [3.05, 3.63) is 54.0 Å². The van der Waals surface area contributed by atoms with Gasteiger partial charge >= 0.3 is 0 Å². The second-order valence-electron chi connectivity index (χ2n) is 5.75. The number of nitrogens with zero attached hydrogens (tertiary/aromatic N) is 1. The Labute approximate surface area is 178 Å². The predicted octanol–water partition coefficient (Wildman–Crippen LogP) is 3.61. The molecule has 2 rings (SSSR count). The first-order valence-electron chi connectivity index (χ1n) is 9.07. The van der Waals surface area contributed by atoms with Gasteiger partial charge in [0.15, 0.2) is 5.96 Å². The molecule has 1 heterocycles. The summed E-state index contributed by atoms with van der Waals surface area (Å²) in [5.74, 6) is 2.59. The molecule has 0 atom stereocenters. The lowest BCUT2D eigenvalue weighted by Gasteiger charge is -2.12. The zero-order valence-corrected chi connectivity index (χ0v) is 18.4. The number of methoxy groups -OCH3 is 1. The van der Waals surface area contributed by atoms with Crippen LogP contribution >= 0.6 is 24.0 Å². The van der Waals surface area contributed by atoms with E-state index in [-0.39, 0.29) is 24.0 Å². The number of guanidine groups is 1. The number of furan rings is 1. The highest BCUT2D eigenvalue weighted by molar-refractivity contribution is 14.0. The number of halogens is 1. The summed E-state index contributed by atoms with van der Waals surface area (Å²) < 4.78 is 16.0. The van der Waals surface area contributed by atoms with Crippen LogP contribution in [0.2, 0.25) is 0 Å². The van der Waals surface area contributed by atoms with Gasteiger partial charge in [-0.3, -0.25) is 0 Å². The van der Waals surface area contributed by atoms with E-state index in [9.17, 15) is 0 Å². The fourth-order valence-corrected chi connectivity index (χ4v) is 2.40. The van der Waals surface area contributed by atoms with Crippen LogP contribution in [0.25, 0.3) is 0 Å². The van der Waals surface area contributed by atoms with Crippen molar-refractivity contribution in [2.45, 2.75) is 26.3 Å². The Morgan fingerprint density at radius 1 is 1.15 bits per heavy atom. The predicted molar refractivity (Wildman–Crippen MR) is 119 cm³/mol. The number of ether oxygens (including phenoxy) is 2. The van der Waals surface area contributed by atoms with Gasteiger partial charge in [-0.15, -0.1) is 24.0 Å². The van der Waals surface area contributed by atoms with Crippen LogP contribution in [0, 0.1) is 0 Å². The lowest BCUT2D eigenvalue weighted by atomic mass is 10.2. The van der Waals surface area contributed by atoms with Crippen LogP contribution in [-0.2, 0) is 17.7 Å². The maximum Gasteiger partial charge on any atom is 0.191 e.